The van der Waals surface area contributed by atoms with Crippen molar-refractivity contribution >= 4 is 11.9 Å². The first kappa shape index (κ1) is 18.5. The molecule has 0 amide bonds. The Hall–Kier alpha value is -1.84. The highest BCUT2D eigenvalue weighted by Crippen LogP contribution is 1.93. The predicted molar refractivity (Wildman–Crippen MR) is 72.0 cm³/mol. The molecule has 4 heteroatoms. The van der Waals surface area contributed by atoms with Gasteiger partial charge in [-0.05, 0) is 20.8 Å². The predicted octanol–water partition coefficient (Wildman–Crippen LogP) is 2.81. The molecule has 0 heterocycles. The van der Waals surface area contributed by atoms with Crippen LogP contribution < -0.4 is 0 Å². The normalized spacial score (nSPS) is 8.39. The van der Waals surface area contributed by atoms with E-state index >= 15 is 0 Å². The molecular formula is C14H22O4. The van der Waals surface area contributed by atoms with Crippen LogP contribution in [0.4, 0.5) is 0 Å². The average molecular weight is 254 g/mol. The van der Waals surface area contributed by atoms with Crippen LogP contribution in [0.3, 0.4) is 0 Å². The first-order valence-corrected chi connectivity index (χ1v) is 5.55. The topological polar surface area (TPSA) is 52.6 Å². The van der Waals surface area contributed by atoms with Crippen LogP contribution in [-0.4, -0.2) is 25.2 Å². The maximum absolute atomic E-state index is 10.9. The van der Waals surface area contributed by atoms with Gasteiger partial charge >= 0.3 is 11.9 Å². The van der Waals surface area contributed by atoms with Gasteiger partial charge in [-0.15, -0.1) is 6.58 Å². The molecule has 0 bridgehead atoms. The molecule has 4 nitrogen and oxygen atoms in total. The summed E-state index contributed by atoms with van der Waals surface area (Å²) in [5.41, 5.74) is 1.52. The molecule has 0 atom stereocenters. The van der Waals surface area contributed by atoms with Gasteiger partial charge in [-0.2, -0.15) is 0 Å². The Balaban J connectivity index is 0. The molecule has 102 valence electrons. The first-order chi connectivity index (χ1) is 8.31. The number of ether oxygens (including phenoxy) is 2. The minimum absolute atomic E-state index is 0.217. The van der Waals surface area contributed by atoms with Crippen LogP contribution in [0.1, 0.15) is 27.2 Å². The SMILES string of the molecule is C=C(C)C.C=CC(=O)OCCCOC(=O)C(=C)C. The van der Waals surface area contributed by atoms with Crippen LogP contribution in [-0.2, 0) is 19.1 Å². The van der Waals surface area contributed by atoms with E-state index in [-0.39, 0.29) is 13.2 Å². The fraction of sp³-hybridized carbons (Fsp3) is 0.429. The lowest BCUT2D eigenvalue weighted by atomic mass is 10.4. The van der Waals surface area contributed by atoms with Gasteiger partial charge in [0.15, 0.2) is 0 Å². The number of rotatable bonds is 6. The second kappa shape index (κ2) is 11.6. The van der Waals surface area contributed by atoms with E-state index in [0.29, 0.717) is 12.0 Å². The summed E-state index contributed by atoms with van der Waals surface area (Å²) < 4.78 is 9.43. The molecule has 0 unspecified atom stereocenters. The van der Waals surface area contributed by atoms with Gasteiger partial charge < -0.3 is 9.47 Å². The third-order valence-electron chi connectivity index (χ3n) is 1.28. The van der Waals surface area contributed by atoms with Crippen molar-refractivity contribution in [2.24, 2.45) is 0 Å². The maximum atomic E-state index is 10.9. The van der Waals surface area contributed by atoms with Crippen LogP contribution in [0.25, 0.3) is 0 Å². The number of hydrogen-bond acceptors (Lipinski definition) is 4. The number of carbonyl (C=O) groups is 2. The second-order valence-electron chi connectivity index (χ2n) is 3.85. The van der Waals surface area contributed by atoms with E-state index in [1.807, 2.05) is 13.8 Å². The van der Waals surface area contributed by atoms with Gasteiger partial charge in [0, 0.05) is 18.1 Å². The van der Waals surface area contributed by atoms with E-state index < -0.39 is 11.9 Å². The zero-order chi connectivity index (χ0) is 14.6. The first-order valence-electron chi connectivity index (χ1n) is 5.55. The summed E-state index contributed by atoms with van der Waals surface area (Å²) >= 11 is 0. The molecule has 18 heavy (non-hydrogen) atoms. The summed E-state index contributed by atoms with van der Waals surface area (Å²) in [5, 5.41) is 0. The highest BCUT2D eigenvalue weighted by molar-refractivity contribution is 5.86. The van der Waals surface area contributed by atoms with Gasteiger partial charge in [-0.3, -0.25) is 0 Å². The number of esters is 2. The minimum atomic E-state index is -0.476. The Morgan fingerprint density at radius 3 is 1.89 bits per heavy atom. The lowest BCUT2D eigenvalue weighted by molar-refractivity contribution is -0.140. The zero-order valence-electron chi connectivity index (χ0n) is 11.5. The number of carbonyl (C=O) groups excluding carboxylic acids is 2. The van der Waals surface area contributed by atoms with E-state index in [1.54, 1.807) is 6.92 Å². The van der Waals surface area contributed by atoms with Gasteiger partial charge in [0.1, 0.15) is 0 Å². The van der Waals surface area contributed by atoms with Crippen LogP contribution >= 0.6 is 0 Å². The highest BCUT2D eigenvalue weighted by Gasteiger charge is 2.02. The Morgan fingerprint density at radius 1 is 1.06 bits per heavy atom. The second-order valence-corrected chi connectivity index (χ2v) is 3.85. The Bertz CT molecular complexity index is 312. The summed E-state index contributed by atoms with van der Waals surface area (Å²) in [4.78, 5) is 21.4. The molecule has 0 aromatic heterocycles. The van der Waals surface area contributed by atoms with E-state index in [4.69, 9.17) is 4.74 Å². The third-order valence-corrected chi connectivity index (χ3v) is 1.28. The standard InChI is InChI=1S/C10H14O4.C4H8/c1-4-9(11)13-6-5-7-14-10(12)8(2)3;1-4(2)3/h4H,1-2,5-7H2,3H3;1H2,2-3H3. The van der Waals surface area contributed by atoms with E-state index in [0.717, 1.165) is 6.08 Å². The van der Waals surface area contributed by atoms with Gasteiger partial charge in [-0.25, -0.2) is 9.59 Å². The van der Waals surface area contributed by atoms with Crippen molar-refractivity contribution in [3.8, 4) is 0 Å². The molecule has 0 spiro atoms. The van der Waals surface area contributed by atoms with Crippen LogP contribution in [0, 0.1) is 0 Å². The largest absolute Gasteiger partial charge is 0.462 e. The van der Waals surface area contributed by atoms with Crippen molar-refractivity contribution in [1.29, 1.82) is 0 Å². The van der Waals surface area contributed by atoms with Crippen molar-refractivity contribution in [3.05, 3.63) is 37.0 Å². The summed E-state index contributed by atoms with van der Waals surface area (Å²) in [6.07, 6.45) is 1.55. The molecule has 0 radical (unpaired) electrons. The molecule has 0 fully saturated rings. The van der Waals surface area contributed by atoms with Crippen LogP contribution in [0.15, 0.2) is 37.0 Å². The van der Waals surface area contributed by atoms with E-state index in [1.165, 1.54) is 5.57 Å². The Labute approximate surface area is 109 Å². The number of hydrogen-bond donors (Lipinski definition) is 0. The lowest BCUT2D eigenvalue weighted by Crippen LogP contribution is -2.09. The molecule has 0 aromatic carbocycles. The molecule has 0 N–H and O–H groups in total. The molecule has 0 rings (SSSR count). The van der Waals surface area contributed by atoms with E-state index in [2.05, 4.69) is 24.5 Å². The summed E-state index contributed by atoms with van der Waals surface area (Å²) in [5.74, 6) is -0.906. The lowest BCUT2D eigenvalue weighted by Gasteiger charge is -2.04. The van der Waals surface area contributed by atoms with Crippen LogP contribution in [0.2, 0.25) is 0 Å². The molecule has 0 saturated carbocycles. The van der Waals surface area contributed by atoms with Gasteiger partial charge in [0.05, 0.1) is 13.2 Å². The quantitative estimate of drug-likeness (QED) is 0.316. The van der Waals surface area contributed by atoms with Gasteiger partial charge in [0.25, 0.3) is 0 Å². The fourth-order valence-electron chi connectivity index (χ4n) is 0.579. The van der Waals surface area contributed by atoms with Crippen molar-refractivity contribution in [2.75, 3.05) is 13.2 Å². The van der Waals surface area contributed by atoms with E-state index in [9.17, 15) is 9.59 Å². The van der Waals surface area contributed by atoms with Gasteiger partial charge in [-0.1, -0.05) is 18.7 Å². The van der Waals surface area contributed by atoms with Crippen LogP contribution in [0.5, 0.6) is 0 Å². The third kappa shape index (κ3) is 16.6. The minimum Gasteiger partial charge on any atom is -0.462 e. The van der Waals surface area contributed by atoms with Crippen molar-refractivity contribution in [2.45, 2.75) is 27.2 Å². The summed E-state index contributed by atoms with van der Waals surface area (Å²) in [6.45, 7) is 16.2. The molecule has 0 aliphatic heterocycles. The number of allylic oxidation sites excluding steroid dienone is 1. The van der Waals surface area contributed by atoms with Crippen molar-refractivity contribution in [3.63, 3.8) is 0 Å². The van der Waals surface area contributed by atoms with Gasteiger partial charge in [0.2, 0.25) is 0 Å². The fourth-order valence-corrected chi connectivity index (χ4v) is 0.579. The average Bonchev–Trinajstić information content (AvgIpc) is 2.27. The smallest absolute Gasteiger partial charge is 0.333 e. The highest BCUT2D eigenvalue weighted by atomic mass is 16.5. The Morgan fingerprint density at radius 2 is 1.50 bits per heavy atom. The Kier molecular flexibility index (Phi) is 12.0. The van der Waals surface area contributed by atoms with Crippen molar-refractivity contribution in [1.82, 2.24) is 0 Å². The summed E-state index contributed by atoms with van der Waals surface area (Å²) in [6, 6.07) is 0. The molecule has 0 aliphatic carbocycles. The molecule has 0 aromatic rings. The maximum Gasteiger partial charge on any atom is 0.333 e. The van der Waals surface area contributed by atoms with Crippen molar-refractivity contribution < 1.29 is 19.1 Å². The monoisotopic (exact) mass is 254 g/mol. The molecular weight excluding hydrogens is 232 g/mol. The zero-order valence-corrected chi connectivity index (χ0v) is 11.5. The molecule has 0 aliphatic rings. The summed E-state index contributed by atoms with van der Waals surface area (Å²) in [7, 11) is 0. The molecule has 0 saturated heterocycles.